The van der Waals surface area contributed by atoms with Crippen molar-refractivity contribution in [2.45, 2.75) is 31.8 Å². The Bertz CT molecular complexity index is 489. The summed E-state index contributed by atoms with van der Waals surface area (Å²) in [4.78, 5) is 13.9. The summed E-state index contributed by atoms with van der Waals surface area (Å²) in [7, 11) is 1.58. The Balaban J connectivity index is 2.00. The van der Waals surface area contributed by atoms with Crippen LogP contribution in [0.5, 0.6) is 5.75 Å². The second-order valence-electron chi connectivity index (χ2n) is 5.65. The second kappa shape index (κ2) is 9.37. The van der Waals surface area contributed by atoms with Gasteiger partial charge in [0.1, 0.15) is 5.75 Å². The maximum atomic E-state index is 12.4. The lowest BCUT2D eigenvalue weighted by atomic mass is 10.2. The van der Waals surface area contributed by atoms with Crippen LogP contribution >= 0.6 is 0 Å². The maximum absolute atomic E-state index is 12.4. The van der Waals surface area contributed by atoms with Crippen LogP contribution in [0.2, 0.25) is 0 Å². The van der Waals surface area contributed by atoms with E-state index in [0.717, 1.165) is 12.8 Å². The van der Waals surface area contributed by atoms with Crippen molar-refractivity contribution < 1.29 is 19.4 Å². The number of hydrogen-bond donors (Lipinski definition) is 2. The molecular formula is C17H26N2O4. The van der Waals surface area contributed by atoms with Crippen molar-refractivity contribution >= 4 is 11.7 Å². The Morgan fingerprint density at radius 3 is 2.74 bits per heavy atom. The van der Waals surface area contributed by atoms with Crippen LogP contribution in [0.4, 0.5) is 10.5 Å². The average Bonchev–Trinajstić information content (AvgIpc) is 3.06. The minimum Gasteiger partial charge on any atom is -0.488 e. The summed E-state index contributed by atoms with van der Waals surface area (Å²) in [6.07, 6.45) is 4.75. The van der Waals surface area contributed by atoms with E-state index in [-0.39, 0.29) is 25.3 Å². The zero-order chi connectivity index (χ0) is 16.5. The molecule has 2 amide bonds. The molecule has 0 saturated heterocycles. The highest BCUT2D eigenvalue weighted by atomic mass is 16.5. The number of para-hydroxylation sites is 2. The number of rotatable bonds is 8. The van der Waals surface area contributed by atoms with Crippen LogP contribution in [0.25, 0.3) is 0 Å². The van der Waals surface area contributed by atoms with Crippen molar-refractivity contribution in [3.05, 3.63) is 24.3 Å². The number of carbonyl (C=O) groups excluding carboxylic acids is 1. The van der Waals surface area contributed by atoms with Crippen molar-refractivity contribution in [2.75, 3.05) is 38.7 Å². The molecule has 0 spiro atoms. The van der Waals surface area contributed by atoms with E-state index in [4.69, 9.17) is 14.6 Å². The minimum absolute atomic E-state index is 0.0860. The highest BCUT2D eigenvalue weighted by Gasteiger charge is 2.19. The molecule has 128 valence electrons. The largest absolute Gasteiger partial charge is 0.488 e. The molecule has 1 saturated carbocycles. The van der Waals surface area contributed by atoms with Gasteiger partial charge in [-0.05, 0) is 37.8 Å². The van der Waals surface area contributed by atoms with E-state index < -0.39 is 0 Å². The lowest BCUT2D eigenvalue weighted by Crippen LogP contribution is -2.39. The Morgan fingerprint density at radius 1 is 1.30 bits per heavy atom. The number of nitrogens with zero attached hydrogens (tertiary/aromatic N) is 1. The quantitative estimate of drug-likeness (QED) is 0.771. The van der Waals surface area contributed by atoms with Gasteiger partial charge in [-0.1, -0.05) is 12.1 Å². The van der Waals surface area contributed by atoms with Gasteiger partial charge < -0.3 is 24.8 Å². The summed E-state index contributed by atoms with van der Waals surface area (Å²) in [6, 6.07) is 7.20. The van der Waals surface area contributed by atoms with E-state index in [0.29, 0.717) is 24.6 Å². The molecule has 1 aromatic rings. The molecule has 0 unspecified atom stereocenters. The smallest absolute Gasteiger partial charge is 0.322 e. The fraction of sp³-hybridized carbons (Fsp3) is 0.588. The Labute approximate surface area is 137 Å². The zero-order valence-electron chi connectivity index (χ0n) is 13.7. The zero-order valence-corrected chi connectivity index (χ0v) is 13.7. The first-order valence-corrected chi connectivity index (χ1v) is 8.16. The number of amides is 2. The fourth-order valence-electron chi connectivity index (χ4n) is 2.69. The van der Waals surface area contributed by atoms with E-state index in [1.165, 1.54) is 17.7 Å². The summed E-state index contributed by atoms with van der Waals surface area (Å²) in [6.45, 7) is 1.03. The third-order valence-electron chi connectivity index (χ3n) is 3.95. The van der Waals surface area contributed by atoms with Crippen molar-refractivity contribution in [3.8, 4) is 5.75 Å². The lowest BCUT2D eigenvalue weighted by molar-refractivity contribution is 0.142. The lowest BCUT2D eigenvalue weighted by Gasteiger charge is -2.23. The molecule has 2 rings (SSSR count). The van der Waals surface area contributed by atoms with Crippen LogP contribution in [0.3, 0.4) is 0 Å². The van der Waals surface area contributed by atoms with Crippen LogP contribution in [0.15, 0.2) is 24.3 Å². The molecule has 1 aliphatic rings. The first kappa shape index (κ1) is 17.6. The third-order valence-corrected chi connectivity index (χ3v) is 3.95. The number of urea groups is 1. The van der Waals surface area contributed by atoms with Gasteiger partial charge in [0, 0.05) is 20.2 Å². The average molecular weight is 322 g/mol. The topological polar surface area (TPSA) is 71.0 Å². The summed E-state index contributed by atoms with van der Waals surface area (Å²) in [5.41, 5.74) is 0.657. The van der Waals surface area contributed by atoms with Gasteiger partial charge in [-0.3, -0.25) is 0 Å². The van der Waals surface area contributed by atoms with E-state index in [1.807, 2.05) is 24.3 Å². The molecule has 0 atom stereocenters. The highest BCUT2D eigenvalue weighted by Crippen LogP contribution is 2.29. The Kier molecular flexibility index (Phi) is 7.16. The number of ether oxygens (including phenoxy) is 2. The van der Waals surface area contributed by atoms with E-state index >= 15 is 0 Å². The first-order chi connectivity index (χ1) is 11.2. The van der Waals surface area contributed by atoms with Crippen LogP contribution in [0.1, 0.15) is 25.7 Å². The Hall–Kier alpha value is -1.79. The highest BCUT2D eigenvalue weighted by molar-refractivity contribution is 5.91. The predicted octanol–water partition coefficient (Wildman–Crippen LogP) is 2.48. The molecule has 1 aliphatic carbocycles. The first-order valence-electron chi connectivity index (χ1n) is 8.16. The molecule has 0 aliphatic heterocycles. The number of carbonyl (C=O) groups is 1. The predicted molar refractivity (Wildman–Crippen MR) is 88.9 cm³/mol. The van der Waals surface area contributed by atoms with Gasteiger partial charge in [0.15, 0.2) is 0 Å². The molecule has 1 fully saturated rings. The summed E-state index contributed by atoms with van der Waals surface area (Å²) in [5.74, 6) is 0.698. The number of aliphatic hydroxyl groups excluding tert-OH is 1. The van der Waals surface area contributed by atoms with Crippen molar-refractivity contribution in [1.29, 1.82) is 0 Å². The molecule has 0 radical (unpaired) electrons. The summed E-state index contributed by atoms with van der Waals surface area (Å²) < 4.78 is 11.0. The van der Waals surface area contributed by atoms with E-state index in [1.54, 1.807) is 7.11 Å². The molecule has 23 heavy (non-hydrogen) atoms. The normalized spacial score (nSPS) is 14.7. The fourth-order valence-corrected chi connectivity index (χ4v) is 2.69. The van der Waals surface area contributed by atoms with Gasteiger partial charge in [0.05, 0.1) is 25.0 Å². The number of nitrogens with one attached hydrogen (secondary N) is 1. The van der Waals surface area contributed by atoms with E-state index in [2.05, 4.69) is 5.32 Å². The maximum Gasteiger partial charge on any atom is 0.322 e. The van der Waals surface area contributed by atoms with Crippen molar-refractivity contribution in [2.24, 2.45) is 0 Å². The van der Waals surface area contributed by atoms with Crippen LogP contribution in [-0.2, 0) is 4.74 Å². The third kappa shape index (κ3) is 5.41. The van der Waals surface area contributed by atoms with Crippen molar-refractivity contribution in [1.82, 2.24) is 4.90 Å². The number of aliphatic hydroxyl groups is 1. The summed E-state index contributed by atoms with van der Waals surface area (Å²) in [5, 5.41) is 12.0. The van der Waals surface area contributed by atoms with Gasteiger partial charge in [-0.15, -0.1) is 0 Å². The molecule has 0 aromatic heterocycles. The van der Waals surface area contributed by atoms with Crippen LogP contribution in [-0.4, -0.2) is 55.6 Å². The second-order valence-corrected chi connectivity index (χ2v) is 5.65. The number of benzene rings is 1. The monoisotopic (exact) mass is 322 g/mol. The van der Waals surface area contributed by atoms with Gasteiger partial charge in [-0.2, -0.15) is 0 Å². The van der Waals surface area contributed by atoms with Gasteiger partial charge in [0.25, 0.3) is 0 Å². The molecule has 0 bridgehead atoms. The SMILES string of the molecule is COCCN(CCO)C(=O)Nc1ccccc1OC1CCCC1. The number of anilines is 1. The molecule has 2 N–H and O–H groups in total. The molecule has 1 aromatic carbocycles. The minimum atomic E-state index is -0.265. The standard InChI is InChI=1S/C17H26N2O4/c1-22-13-11-19(10-12-20)17(21)18-15-8-4-5-9-16(15)23-14-6-2-3-7-14/h4-5,8-9,14,20H,2-3,6-7,10-13H2,1H3,(H,18,21). The van der Waals surface area contributed by atoms with Crippen molar-refractivity contribution in [3.63, 3.8) is 0 Å². The summed E-state index contributed by atoms with van der Waals surface area (Å²) >= 11 is 0. The molecular weight excluding hydrogens is 296 g/mol. The number of methoxy groups -OCH3 is 1. The van der Waals surface area contributed by atoms with Crippen LogP contribution < -0.4 is 10.1 Å². The van der Waals surface area contributed by atoms with Gasteiger partial charge >= 0.3 is 6.03 Å². The van der Waals surface area contributed by atoms with Crippen LogP contribution in [0, 0.1) is 0 Å². The van der Waals surface area contributed by atoms with E-state index in [9.17, 15) is 4.79 Å². The Morgan fingerprint density at radius 2 is 2.04 bits per heavy atom. The van der Waals surface area contributed by atoms with Gasteiger partial charge in [-0.25, -0.2) is 4.79 Å². The molecule has 6 heteroatoms. The molecule has 6 nitrogen and oxygen atoms in total. The number of hydrogen-bond acceptors (Lipinski definition) is 4. The van der Waals surface area contributed by atoms with Gasteiger partial charge in [0.2, 0.25) is 0 Å². The molecule has 0 heterocycles.